The summed E-state index contributed by atoms with van der Waals surface area (Å²) in [6.07, 6.45) is 2.96. The molecule has 0 aliphatic heterocycles. The van der Waals surface area contributed by atoms with E-state index in [-0.39, 0.29) is 11.4 Å². The van der Waals surface area contributed by atoms with Crippen LogP contribution in [0.1, 0.15) is 39.5 Å². The van der Waals surface area contributed by atoms with E-state index in [2.05, 4.69) is 0 Å². The Bertz CT molecular complexity index is 260. The molecule has 0 radical (unpaired) electrons. The zero-order valence-electron chi connectivity index (χ0n) is 9.98. The summed E-state index contributed by atoms with van der Waals surface area (Å²) in [7, 11) is 0. The fourth-order valence-electron chi connectivity index (χ4n) is 2.01. The second-order valence-electron chi connectivity index (χ2n) is 4.82. The van der Waals surface area contributed by atoms with Gasteiger partial charge in [0, 0.05) is 10.5 Å². The molecule has 1 aliphatic rings. The summed E-state index contributed by atoms with van der Waals surface area (Å²) >= 11 is 1.71. The maximum absolute atomic E-state index is 11.3. The molecule has 4 unspecified atom stereocenters. The molecule has 0 bridgehead atoms. The molecule has 0 aromatic rings. The van der Waals surface area contributed by atoms with Crippen LogP contribution in [0.5, 0.6) is 0 Å². The van der Waals surface area contributed by atoms with Crippen molar-refractivity contribution in [1.29, 1.82) is 0 Å². The van der Waals surface area contributed by atoms with Crippen molar-refractivity contribution < 1.29 is 9.90 Å². The lowest BCUT2D eigenvalue weighted by molar-refractivity contribution is -0.124. The van der Waals surface area contributed by atoms with Crippen LogP contribution in [0.15, 0.2) is 0 Å². The van der Waals surface area contributed by atoms with E-state index in [1.807, 2.05) is 6.92 Å². The van der Waals surface area contributed by atoms with E-state index >= 15 is 0 Å². The quantitative estimate of drug-likeness (QED) is 0.678. The molecule has 5 heteroatoms. The third kappa shape index (κ3) is 3.37. The number of aliphatic hydroxyl groups excluding tert-OH is 1. The van der Waals surface area contributed by atoms with Crippen LogP contribution in [0.4, 0.5) is 0 Å². The monoisotopic (exact) mass is 246 g/mol. The molecule has 0 saturated heterocycles. The van der Waals surface area contributed by atoms with Gasteiger partial charge in [-0.1, -0.05) is 6.92 Å². The first-order valence-corrected chi connectivity index (χ1v) is 6.72. The first-order chi connectivity index (χ1) is 7.35. The molecule has 1 saturated carbocycles. The van der Waals surface area contributed by atoms with Gasteiger partial charge in [0.1, 0.15) is 0 Å². The van der Waals surface area contributed by atoms with E-state index in [1.165, 1.54) is 0 Å². The Hall–Kier alpha value is -0.260. The molecular weight excluding hydrogens is 224 g/mol. The van der Waals surface area contributed by atoms with Crippen molar-refractivity contribution in [2.75, 3.05) is 0 Å². The minimum Gasteiger partial charge on any atom is -0.392 e. The van der Waals surface area contributed by atoms with Crippen molar-refractivity contribution >= 4 is 17.7 Å². The Morgan fingerprint density at radius 1 is 1.56 bits per heavy atom. The molecule has 5 N–H and O–H groups in total. The van der Waals surface area contributed by atoms with E-state index in [1.54, 1.807) is 18.7 Å². The second-order valence-corrected chi connectivity index (χ2v) is 6.50. The molecule has 4 atom stereocenters. The maximum Gasteiger partial charge on any atom is 0.237 e. The van der Waals surface area contributed by atoms with Gasteiger partial charge in [0.15, 0.2) is 0 Å². The van der Waals surface area contributed by atoms with E-state index < -0.39 is 11.4 Å². The molecule has 1 rings (SSSR count). The predicted octanol–water partition coefficient (Wildman–Crippen LogP) is 0.614. The molecule has 1 amide bonds. The summed E-state index contributed by atoms with van der Waals surface area (Å²) in [5, 5.41) is 9.94. The molecule has 0 spiro atoms. The number of primary amides is 1. The van der Waals surface area contributed by atoms with Gasteiger partial charge >= 0.3 is 0 Å². The van der Waals surface area contributed by atoms with Crippen LogP contribution >= 0.6 is 11.8 Å². The maximum atomic E-state index is 11.3. The van der Waals surface area contributed by atoms with Gasteiger partial charge in [0.05, 0.1) is 11.6 Å². The van der Waals surface area contributed by atoms with Gasteiger partial charge in [-0.25, -0.2) is 0 Å². The topological polar surface area (TPSA) is 89.3 Å². The first kappa shape index (κ1) is 13.8. The zero-order valence-corrected chi connectivity index (χ0v) is 10.8. The first-order valence-electron chi connectivity index (χ1n) is 5.77. The lowest BCUT2D eigenvalue weighted by atomic mass is 9.82. The Labute approximate surface area is 101 Å². The SMILES string of the molecule is CC(O)C(C)SC1CCCC(N)(C(N)=O)C1. The van der Waals surface area contributed by atoms with Crippen LogP contribution in [0.25, 0.3) is 0 Å². The van der Waals surface area contributed by atoms with E-state index in [9.17, 15) is 9.90 Å². The highest BCUT2D eigenvalue weighted by Crippen LogP contribution is 2.36. The molecule has 1 aliphatic carbocycles. The Balaban J connectivity index is 2.54. The van der Waals surface area contributed by atoms with Crippen molar-refractivity contribution in [3.63, 3.8) is 0 Å². The van der Waals surface area contributed by atoms with E-state index in [0.29, 0.717) is 18.1 Å². The number of hydrogen-bond acceptors (Lipinski definition) is 4. The van der Waals surface area contributed by atoms with Gasteiger partial charge in [-0.15, -0.1) is 0 Å². The van der Waals surface area contributed by atoms with Crippen molar-refractivity contribution in [3.8, 4) is 0 Å². The van der Waals surface area contributed by atoms with Gasteiger partial charge in [-0.05, 0) is 32.6 Å². The van der Waals surface area contributed by atoms with Gasteiger partial charge in [0.2, 0.25) is 5.91 Å². The lowest BCUT2D eigenvalue weighted by Gasteiger charge is -2.36. The summed E-state index contributed by atoms with van der Waals surface area (Å²) in [5.41, 5.74) is 10.5. The van der Waals surface area contributed by atoms with Crippen molar-refractivity contribution in [2.24, 2.45) is 11.5 Å². The normalized spacial score (nSPS) is 34.4. The number of nitrogens with two attached hydrogens (primary N) is 2. The molecule has 94 valence electrons. The van der Waals surface area contributed by atoms with Crippen LogP contribution in [0.3, 0.4) is 0 Å². The summed E-state index contributed by atoms with van der Waals surface area (Å²) in [5.74, 6) is -0.400. The number of rotatable bonds is 4. The number of carbonyl (C=O) groups excluding carboxylic acids is 1. The van der Waals surface area contributed by atoms with Crippen molar-refractivity contribution in [3.05, 3.63) is 0 Å². The second kappa shape index (κ2) is 5.38. The number of aliphatic hydroxyl groups is 1. The molecule has 4 nitrogen and oxygen atoms in total. The third-order valence-electron chi connectivity index (χ3n) is 3.32. The molecule has 0 aromatic carbocycles. The van der Waals surface area contributed by atoms with Gasteiger partial charge in [-0.2, -0.15) is 11.8 Å². The number of carbonyl (C=O) groups is 1. The average Bonchev–Trinajstić information content (AvgIpc) is 2.17. The number of amides is 1. The van der Waals surface area contributed by atoms with Crippen LogP contribution in [0.2, 0.25) is 0 Å². The largest absolute Gasteiger partial charge is 0.392 e. The fraction of sp³-hybridized carbons (Fsp3) is 0.909. The Morgan fingerprint density at radius 3 is 2.69 bits per heavy atom. The third-order valence-corrected chi connectivity index (χ3v) is 4.93. The lowest BCUT2D eigenvalue weighted by Crippen LogP contribution is -2.55. The molecule has 0 heterocycles. The van der Waals surface area contributed by atoms with Crippen LogP contribution < -0.4 is 11.5 Å². The minimum absolute atomic E-state index is 0.167. The average molecular weight is 246 g/mol. The van der Waals surface area contributed by atoms with Gasteiger partial charge in [0.25, 0.3) is 0 Å². The summed E-state index contributed by atoms with van der Waals surface area (Å²) in [4.78, 5) is 11.3. The Morgan fingerprint density at radius 2 is 2.19 bits per heavy atom. The number of hydrogen-bond donors (Lipinski definition) is 3. The standard InChI is InChI=1S/C11H22N2O2S/c1-7(14)8(2)16-9-4-3-5-11(13,6-9)10(12)15/h7-9,14H,3-6,13H2,1-2H3,(H2,12,15). The minimum atomic E-state index is -0.839. The molecule has 16 heavy (non-hydrogen) atoms. The molecule has 1 fully saturated rings. The fourth-order valence-corrected chi connectivity index (χ4v) is 3.54. The summed E-state index contributed by atoms with van der Waals surface area (Å²) in [6, 6.07) is 0. The van der Waals surface area contributed by atoms with Gasteiger partial charge in [-0.3, -0.25) is 4.79 Å². The van der Waals surface area contributed by atoms with Crippen molar-refractivity contribution in [2.45, 2.75) is 61.7 Å². The summed E-state index contributed by atoms with van der Waals surface area (Å²) in [6.45, 7) is 3.77. The Kier molecular flexibility index (Phi) is 4.64. The molecular formula is C11H22N2O2S. The highest BCUT2D eigenvalue weighted by atomic mass is 32.2. The van der Waals surface area contributed by atoms with Crippen LogP contribution in [-0.4, -0.2) is 33.2 Å². The highest BCUT2D eigenvalue weighted by Gasteiger charge is 2.38. The number of thioether (sulfide) groups is 1. The predicted molar refractivity (Wildman–Crippen MR) is 67.1 cm³/mol. The van der Waals surface area contributed by atoms with E-state index in [4.69, 9.17) is 11.5 Å². The zero-order chi connectivity index (χ0) is 12.3. The highest BCUT2D eigenvalue weighted by molar-refractivity contribution is 8.00. The molecule has 0 aromatic heterocycles. The van der Waals surface area contributed by atoms with E-state index in [0.717, 1.165) is 12.8 Å². The van der Waals surface area contributed by atoms with Crippen molar-refractivity contribution in [1.82, 2.24) is 0 Å². The van der Waals surface area contributed by atoms with Crippen LogP contribution in [0, 0.1) is 0 Å². The van der Waals surface area contributed by atoms with Gasteiger partial charge < -0.3 is 16.6 Å². The summed E-state index contributed by atoms with van der Waals surface area (Å²) < 4.78 is 0. The van der Waals surface area contributed by atoms with Crippen LogP contribution in [-0.2, 0) is 4.79 Å². The smallest absolute Gasteiger partial charge is 0.237 e.